The minimum absolute atomic E-state index is 0.394. The molecular formula is C12H23NO2S. The summed E-state index contributed by atoms with van der Waals surface area (Å²) in [5.41, 5.74) is 0. The second-order valence-electron chi connectivity index (χ2n) is 3.70. The number of nitrogens with one attached hydrogen (secondary N) is 1. The van der Waals surface area contributed by atoms with Crippen LogP contribution in [0.4, 0.5) is 0 Å². The summed E-state index contributed by atoms with van der Waals surface area (Å²) in [6.45, 7) is 6.57. The zero-order valence-electron chi connectivity index (χ0n) is 10.1. The number of hydrogen-bond donors (Lipinski definition) is 2. The van der Waals surface area contributed by atoms with Gasteiger partial charge < -0.3 is 10.4 Å². The van der Waals surface area contributed by atoms with E-state index in [0.717, 1.165) is 37.3 Å². The van der Waals surface area contributed by atoms with E-state index in [9.17, 15) is 4.79 Å². The lowest BCUT2D eigenvalue weighted by atomic mass is 10.2. The molecule has 0 radical (unpaired) electrons. The Morgan fingerprint density at radius 2 is 2.31 bits per heavy atom. The van der Waals surface area contributed by atoms with Gasteiger partial charge in [0.15, 0.2) is 0 Å². The normalized spacial score (nSPS) is 12.3. The lowest BCUT2D eigenvalue weighted by molar-refractivity contribution is -0.139. The average molecular weight is 245 g/mol. The Labute approximate surface area is 103 Å². The smallest absolute Gasteiger partial charge is 0.320 e. The molecule has 3 nitrogen and oxygen atoms in total. The number of carbonyl (C=O) groups is 1. The maximum atomic E-state index is 10.9. The highest BCUT2D eigenvalue weighted by Crippen LogP contribution is 2.05. The molecule has 1 atom stereocenters. The minimum atomic E-state index is -0.740. The summed E-state index contributed by atoms with van der Waals surface area (Å²) in [6, 6.07) is -0.394. The average Bonchev–Trinajstić information content (AvgIpc) is 2.26. The molecule has 0 amide bonds. The van der Waals surface area contributed by atoms with Crippen LogP contribution in [-0.2, 0) is 4.79 Å². The van der Waals surface area contributed by atoms with Crippen LogP contribution in [0.5, 0.6) is 0 Å². The number of carboxylic acid groups (broad SMARTS) is 1. The third-order valence-corrected chi connectivity index (χ3v) is 3.25. The first-order chi connectivity index (χ1) is 7.72. The van der Waals surface area contributed by atoms with Crippen LogP contribution in [0.1, 0.15) is 32.6 Å². The maximum Gasteiger partial charge on any atom is 0.320 e. The molecule has 0 heterocycles. The number of unbranched alkanes of at least 4 members (excludes halogenated alkanes) is 2. The minimum Gasteiger partial charge on any atom is -0.480 e. The first-order valence-electron chi connectivity index (χ1n) is 5.87. The SMILES string of the molecule is C=CCSCCC(NCCCCC)C(=O)O. The molecule has 0 saturated carbocycles. The predicted molar refractivity (Wildman–Crippen MR) is 71.1 cm³/mol. The molecule has 0 aliphatic heterocycles. The van der Waals surface area contributed by atoms with Crippen LogP contribution >= 0.6 is 11.8 Å². The summed E-state index contributed by atoms with van der Waals surface area (Å²) in [6.07, 6.45) is 5.90. The quantitative estimate of drug-likeness (QED) is 0.434. The molecule has 0 spiro atoms. The van der Waals surface area contributed by atoms with Gasteiger partial charge in [-0.05, 0) is 25.1 Å². The summed E-state index contributed by atoms with van der Waals surface area (Å²) >= 11 is 1.72. The van der Waals surface area contributed by atoms with Crippen molar-refractivity contribution in [2.45, 2.75) is 38.6 Å². The van der Waals surface area contributed by atoms with Crippen molar-refractivity contribution >= 4 is 17.7 Å². The Morgan fingerprint density at radius 1 is 1.56 bits per heavy atom. The van der Waals surface area contributed by atoms with Crippen molar-refractivity contribution in [1.82, 2.24) is 5.32 Å². The van der Waals surface area contributed by atoms with Crippen LogP contribution < -0.4 is 5.32 Å². The fourth-order valence-corrected chi connectivity index (χ4v) is 2.07. The maximum absolute atomic E-state index is 10.9. The zero-order valence-corrected chi connectivity index (χ0v) is 10.9. The van der Waals surface area contributed by atoms with Crippen LogP contribution in [0.25, 0.3) is 0 Å². The Kier molecular flexibility index (Phi) is 10.7. The second kappa shape index (κ2) is 11.0. The fourth-order valence-electron chi connectivity index (χ4n) is 1.33. The van der Waals surface area contributed by atoms with E-state index < -0.39 is 12.0 Å². The lowest BCUT2D eigenvalue weighted by Gasteiger charge is -2.13. The predicted octanol–water partition coefficient (Wildman–Crippen LogP) is 2.53. The van der Waals surface area contributed by atoms with Crippen molar-refractivity contribution < 1.29 is 9.90 Å². The molecule has 1 unspecified atom stereocenters. The van der Waals surface area contributed by atoms with Gasteiger partial charge in [0.2, 0.25) is 0 Å². The molecule has 16 heavy (non-hydrogen) atoms. The van der Waals surface area contributed by atoms with E-state index in [4.69, 9.17) is 5.11 Å². The fraction of sp³-hybridized carbons (Fsp3) is 0.750. The second-order valence-corrected chi connectivity index (χ2v) is 4.85. The molecule has 94 valence electrons. The van der Waals surface area contributed by atoms with E-state index in [1.54, 1.807) is 11.8 Å². The molecule has 0 rings (SSSR count). The number of carboxylic acids is 1. The molecule has 4 heteroatoms. The molecule has 0 saturated heterocycles. The number of aliphatic carboxylic acids is 1. The van der Waals surface area contributed by atoms with Crippen molar-refractivity contribution in [2.75, 3.05) is 18.1 Å². The topological polar surface area (TPSA) is 49.3 Å². The van der Waals surface area contributed by atoms with Crippen molar-refractivity contribution in [1.29, 1.82) is 0 Å². The Bertz CT molecular complexity index is 197. The molecule has 0 aromatic rings. The van der Waals surface area contributed by atoms with Crippen LogP contribution in [-0.4, -0.2) is 35.2 Å². The van der Waals surface area contributed by atoms with Gasteiger partial charge in [-0.15, -0.1) is 6.58 Å². The van der Waals surface area contributed by atoms with Crippen LogP contribution in [0, 0.1) is 0 Å². The Morgan fingerprint density at radius 3 is 2.88 bits per heavy atom. The third kappa shape index (κ3) is 8.80. The van der Waals surface area contributed by atoms with Crippen molar-refractivity contribution in [3.05, 3.63) is 12.7 Å². The highest BCUT2D eigenvalue weighted by atomic mass is 32.2. The zero-order chi connectivity index (χ0) is 12.2. The van der Waals surface area contributed by atoms with E-state index in [1.807, 2.05) is 6.08 Å². The van der Waals surface area contributed by atoms with Gasteiger partial charge in [-0.3, -0.25) is 4.79 Å². The first kappa shape index (κ1) is 15.5. The largest absolute Gasteiger partial charge is 0.480 e. The van der Waals surface area contributed by atoms with Crippen molar-refractivity contribution in [3.63, 3.8) is 0 Å². The summed E-state index contributed by atoms with van der Waals surface area (Å²) < 4.78 is 0. The molecule has 0 aliphatic rings. The van der Waals surface area contributed by atoms with Crippen LogP contribution in [0.2, 0.25) is 0 Å². The number of rotatable bonds is 11. The van der Waals surface area contributed by atoms with E-state index in [0.29, 0.717) is 6.42 Å². The molecule has 2 N–H and O–H groups in total. The number of thioether (sulfide) groups is 1. The Balaban J connectivity index is 3.62. The Hall–Kier alpha value is -0.480. The molecule has 0 aromatic heterocycles. The van der Waals surface area contributed by atoms with Crippen LogP contribution in [0.15, 0.2) is 12.7 Å². The summed E-state index contributed by atoms with van der Waals surface area (Å²) in [5, 5.41) is 12.1. The van der Waals surface area contributed by atoms with Gasteiger partial charge in [0.25, 0.3) is 0 Å². The monoisotopic (exact) mass is 245 g/mol. The van der Waals surface area contributed by atoms with E-state index in [-0.39, 0.29) is 0 Å². The van der Waals surface area contributed by atoms with E-state index in [1.165, 1.54) is 0 Å². The standard InChI is InChI=1S/C12H23NO2S/c1-3-5-6-8-13-11(12(14)15)7-10-16-9-4-2/h4,11,13H,2-3,5-10H2,1H3,(H,14,15). The molecule has 0 aromatic carbocycles. The van der Waals surface area contributed by atoms with Crippen LogP contribution in [0.3, 0.4) is 0 Å². The van der Waals surface area contributed by atoms with E-state index >= 15 is 0 Å². The molecule has 0 aliphatic carbocycles. The van der Waals surface area contributed by atoms with Gasteiger partial charge >= 0.3 is 5.97 Å². The van der Waals surface area contributed by atoms with Gasteiger partial charge in [-0.25, -0.2) is 0 Å². The highest BCUT2D eigenvalue weighted by molar-refractivity contribution is 7.99. The van der Waals surface area contributed by atoms with Gasteiger partial charge in [0, 0.05) is 5.75 Å². The van der Waals surface area contributed by atoms with Crippen molar-refractivity contribution in [2.24, 2.45) is 0 Å². The third-order valence-electron chi connectivity index (χ3n) is 2.26. The molecule has 0 bridgehead atoms. The highest BCUT2D eigenvalue weighted by Gasteiger charge is 2.15. The van der Waals surface area contributed by atoms with Crippen molar-refractivity contribution in [3.8, 4) is 0 Å². The number of hydrogen-bond acceptors (Lipinski definition) is 3. The van der Waals surface area contributed by atoms with Gasteiger partial charge in [0.05, 0.1) is 0 Å². The lowest BCUT2D eigenvalue weighted by Crippen LogP contribution is -2.37. The summed E-state index contributed by atoms with van der Waals surface area (Å²) in [4.78, 5) is 10.9. The van der Waals surface area contributed by atoms with Gasteiger partial charge in [0.1, 0.15) is 6.04 Å². The summed E-state index contributed by atoms with van der Waals surface area (Å²) in [5.74, 6) is 1.02. The summed E-state index contributed by atoms with van der Waals surface area (Å²) in [7, 11) is 0. The molecule has 0 fully saturated rings. The van der Waals surface area contributed by atoms with Gasteiger partial charge in [-0.2, -0.15) is 11.8 Å². The van der Waals surface area contributed by atoms with Gasteiger partial charge in [-0.1, -0.05) is 25.8 Å². The van der Waals surface area contributed by atoms with E-state index in [2.05, 4.69) is 18.8 Å². The first-order valence-corrected chi connectivity index (χ1v) is 7.02. The molecular weight excluding hydrogens is 222 g/mol.